The number of carbonyl (C=O) groups excluding carboxylic acids is 1. The van der Waals surface area contributed by atoms with E-state index in [1.165, 1.54) is 0 Å². The van der Waals surface area contributed by atoms with Gasteiger partial charge in [-0.2, -0.15) is 0 Å². The molecule has 3 heteroatoms. The van der Waals surface area contributed by atoms with Crippen molar-refractivity contribution in [3.63, 3.8) is 0 Å². The van der Waals surface area contributed by atoms with Crippen LogP contribution in [0.2, 0.25) is 0 Å². The fourth-order valence-corrected chi connectivity index (χ4v) is 0.681. The molecule has 0 amide bonds. The minimum Gasteiger partial charge on any atom is -0.697 e. The van der Waals surface area contributed by atoms with Crippen LogP contribution < -0.4 is 4.74 Å². The van der Waals surface area contributed by atoms with Gasteiger partial charge in [-0.25, -0.2) is 0 Å². The molecule has 52 valence electrons. The van der Waals surface area contributed by atoms with Crippen LogP contribution in [0.3, 0.4) is 0 Å². The molecule has 0 spiro atoms. The number of rotatable bonds is 1. The summed E-state index contributed by atoms with van der Waals surface area (Å²) in [5, 5.41) is -0.703. The molecule has 0 atom stereocenters. The van der Waals surface area contributed by atoms with Crippen LogP contribution >= 0.6 is 0 Å². The van der Waals surface area contributed by atoms with Crippen LogP contribution in [0.1, 0.15) is 0 Å². The summed E-state index contributed by atoms with van der Waals surface area (Å²) in [6.07, 6.45) is 0. The predicted octanol–water partition coefficient (Wildman–Crippen LogP) is 1.73. The van der Waals surface area contributed by atoms with Crippen LogP contribution in [0.25, 0.3) is 0 Å². The van der Waals surface area contributed by atoms with E-state index in [0.717, 1.165) is 0 Å². The zero-order valence-electron chi connectivity index (χ0n) is 5.11. The van der Waals surface area contributed by atoms with Crippen molar-refractivity contribution in [2.75, 3.05) is 0 Å². The van der Waals surface area contributed by atoms with Gasteiger partial charge in [-0.05, 0) is 12.1 Å². The van der Waals surface area contributed by atoms with Crippen molar-refractivity contribution < 1.29 is 9.53 Å². The Morgan fingerprint density at radius 3 is 2.40 bits per heavy atom. The molecule has 0 aliphatic heterocycles. The minimum atomic E-state index is -0.703. The number of para-hydroxylation sites is 1. The van der Waals surface area contributed by atoms with Gasteiger partial charge in [0.2, 0.25) is 0 Å². The van der Waals surface area contributed by atoms with Crippen LogP contribution in [0.15, 0.2) is 30.3 Å². The van der Waals surface area contributed by atoms with E-state index < -0.39 is 5.30 Å². The molecule has 0 saturated carbocycles. The van der Waals surface area contributed by atoms with Gasteiger partial charge in [-0.3, -0.25) is 4.79 Å². The lowest BCUT2D eigenvalue weighted by Gasteiger charge is -2.04. The molecular weight excluding hydrogens is 148 g/mol. The summed E-state index contributed by atoms with van der Waals surface area (Å²) in [6, 6.07) is 8.72. The molecule has 0 bridgehead atoms. The van der Waals surface area contributed by atoms with E-state index in [1.807, 2.05) is 6.07 Å². The maximum absolute atomic E-state index is 10.2. The van der Waals surface area contributed by atoms with Crippen molar-refractivity contribution in [1.29, 1.82) is 0 Å². The normalized spacial score (nSPS) is 8.80. The summed E-state index contributed by atoms with van der Waals surface area (Å²) in [5.41, 5.74) is 0. The highest BCUT2D eigenvalue weighted by atomic mass is 32.1. The third kappa shape index (κ3) is 2.03. The molecule has 0 unspecified atom stereocenters. The number of benzene rings is 1. The highest BCUT2D eigenvalue weighted by Gasteiger charge is 1.87. The van der Waals surface area contributed by atoms with Gasteiger partial charge in [0.05, 0.1) is 0 Å². The number of hydrogen-bond donors (Lipinski definition) is 0. The second kappa shape index (κ2) is 3.17. The summed E-state index contributed by atoms with van der Waals surface area (Å²) < 4.78 is 4.59. The number of hydrogen-bond acceptors (Lipinski definition) is 3. The Labute approximate surface area is 64.2 Å². The van der Waals surface area contributed by atoms with E-state index in [-0.39, 0.29) is 0 Å². The smallest absolute Gasteiger partial charge is 0.191 e. The quantitative estimate of drug-likeness (QED) is 0.454. The molecule has 0 heterocycles. The van der Waals surface area contributed by atoms with E-state index in [1.54, 1.807) is 24.3 Å². The zero-order valence-corrected chi connectivity index (χ0v) is 5.93. The first kappa shape index (κ1) is 7.02. The Bertz CT molecular complexity index is 220. The molecule has 1 aromatic rings. The monoisotopic (exact) mass is 153 g/mol. The van der Waals surface area contributed by atoms with Crippen molar-refractivity contribution in [2.45, 2.75) is 0 Å². The van der Waals surface area contributed by atoms with Crippen molar-refractivity contribution in [3.05, 3.63) is 30.3 Å². The van der Waals surface area contributed by atoms with Gasteiger partial charge in [-0.15, -0.1) is 0 Å². The topological polar surface area (TPSA) is 26.3 Å². The van der Waals surface area contributed by atoms with Gasteiger partial charge in [0.15, 0.2) is 5.30 Å². The van der Waals surface area contributed by atoms with Crippen molar-refractivity contribution in [1.82, 2.24) is 0 Å². The lowest BCUT2D eigenvalue weighted by atomic mass is 10.3. The van der Waals surface area contributed by atoms with E-state index in [4.69, 9.17) is 0 Å². The molecule has 0 saturated heterocycles. The maximum Gasteiger partial charge on any atom is 0.191 e. The zero-order chi connectivity index (χ0) is 7.40. The molecule has 0 aliphatic carbocycles. The van der Waals surface area contributed by atoms with Gasteiger partial charge in [0, 0.05) is 0 Å². The first-order chi connectivity index (χ1) is 4.79. The van der Waals surface area contributed by atoms with Crippen LogP contribution in [-0.2, 0) is 12.6 Å². The Morgan fingerprint density at radius 2 is 1.90 bits per heavy atom. The van der Waals surface area contributed by atoms with Crippen LogP contribution in [0.5, 0.6) is 5.75 Å². The van der Waals surface area contributed by atoms with Crippen molar-refractivity contribution in [3.8, 4) is 5.75 Å². The minimum absolute atomic E-state index is 0.488. The van der Waals surface area contributed by atoms with E-state index in [2.05, 4.69) is 17.4 Å². The molecule has 0 aliphatic rings. The first-order valence-corrected chi connectivity index (χ1v) is 3.14. The lowest BCUT2D eigenvalue weighted by Crippen LogP contribution is -1.99. The van der Waals surface area contributed by atoms with Gasteiger partial charge < -0.3 is 17.4 Å². The van der Waals surface area contributed by atoms with Gasteiger partial charge in [-0.1, -0.05) is 18.2 Å². The maximum atomic E-state index is 10.2. The predicted molar refractivity (Wildman–Crippen MR) is 39.8 cm³/mol. The molecule has 0 aromatic heterocycles. The number of carbonyl (C=O) groups is 1. The fraction of sp³-hybridized carbons (Fsp3) is 0. The van der Waals surface area contributed by atoms with Crippen LogP contribution in [-0.4, -0.2) is 5.30 Å². The van der Waals surface area contributed by atoms with Crippen LogP contribution in [0.4, 0.5) is 4.79 Å². The standard InChI is InChI=1S/C7H6O2S/c8-7(10)9-6-4-2-1-3-5-6/h1-5H,(H,8,10)/p-1. The Balaban J connectivity index is 2.67. The van der Waals surface area contributed by atoms with E-state index in [9.17, 15) is 4.79 Å². The highest BCUT2D eigenvalue weighted by Crippen LogP contribution is 2.07. The Hall–Kier alpha value is -1.09. The SMILES string of the molecule is O=C([S-])Oc1ccccc1. The molecular formula is C7H5O2S-. The average molecular weight is 153 g/mol. The average Bonchev–Trinajstić information content (AvgIpc) is 1.88. The summed E-state index contributed by atoms with van der Waals surface area (Å²) in [6.45, 7) is 0. The van der Waals surface area contributed by atoms with E-state index >= 15 is 0 Å². The summed E-state index contributed by atoms with van der Waals surface area (Å²) in [7, 11) is 0. The van der Waals surface area contributed by atoms with E-state index in [0.29, 0.717) is 5.75 Å². The second-order valence-corrected chi connectivity index (χ2v) is 2.00. The summed E-state index contributed by atoms with van der Waals surface area (Å²) in [5.74, 6) is 0.488. The van der Waals surface area contributed by atoms with Crippen molar-refractivity contribution in [2.24, 2.45) is 0 Å². The Kier molecular flexibility index (Phi) is 2.23. The third-order valence-electron chi connectivity index (χ3n) is 0.944. The molecule has 0 N–H and O–H groups in total. The van der Waals surface area contributed by atoms with Gasteiger partial charge in [0.25, 0.3) is 0 Å². The van der Waals surface area contributed by atoms with Crippen LogP contribution in [0, 0.1) is 0 Å². The van der Waals surface area contributed by atoms with Crippen molar-refractivity contribution >= 4 is 17.9 Å². The molecule has 0 radical (unpaired) electrons. The summed E-state index contributed by atoms with van der Waals surface area (Å²) in [4.78, 5) is 10.2. The molecule has 1 aromatic carbocycles. The molecule has 1 rings (SSSR count). The largest absolute Gasteiger partial charge is 0.697 e. The van der Waals surface area contributed by atoms with Gasteiger partial charge >= 0.3 is 0 Å². The second-order valence-electron chi connectivity index (χ2n) is 1.67. The summed E-state index contributed by atoms with van der Waals surface area (Å²) >= 11 is 4.20. The third-order valence-corrected chi connectivity index (χ3v) is 1.03. The fourth-order valence-electron chi connectivity index (χ4n) is 0.585. The van der Waals surface area contributed by atoms with Gasteiger partial charge in [0.1, 0.15) is 5.75 Å². The lowest BCUT2D eigenvalue weighted by molar-refractivity contribution is 0.227. The molecule has 0 fully saturated rings. The number of ether oxygens (including phenoxy) is 1. The highest BCUT2D eigenvalue weighted by molar-refractivity contribution is 7.76. The molecule has 2 nitrogen and oxygen atoms in total. The Morgan fingerprint density at radius 1 is 1.30 bits per heavy atom. The first-order valence-electron chi connectivity index (χ1n) is 2.73. The molecule has 10 heavy (non-hydrogen) atoms.